The van der Waals surface area contributed by atoms with Gasteiger partial charge in [-0.05, 0) is 63.3 Å². The maximum Gasteiger partial charge on any atom is 0.253 e. The maximum atomic E-state index is 13.0. The summed E-state index contributed by atoms with van der Waals surface area (Å²) in [7, 11) is 0. The van der Waals surface area contributed by atoms with Crippen LogP contribution in [0.15, 0.2) is 24.3 Å². The fourth-order valence-corrected chi connectivity index (χ4v) is 4.21. The van der Waals surface area contributed by atoms with Crippen LogP contribution in [0.25, 0.3) is 0 Å². The normalized spacial score (nSPS) is 18.0. The number of piperidine rings is 1. The second-order valence-corrected chi connectivity index (χ2v) is 7.67. The molecule has 1 saturated heterocycles. The molecule has 3 heterocycles. The summed E-state index contributed by atoms with van der Waals surface area (Å²) in [6.45, 7) is 5.55. The number of benzene rings is 1. The maximum absolute atomic E-state index is 13.0. The van der Waals surface area contributed by atoms with Crippen molar-refractivity contribution in [3.63, 3.8) is 0 Å². The standard InChI is InChI=1S/C21H26N4O2/c1-14-12-15(2)25(23-14)18-8-10-24(11-9-18)21(27)17-7-6-16-4-3-5-20(26)22-19(16)13-17/h6-7,12-13,18H,3-5,8-11H2,1-2H3,(H,22,26). The van der Waals surface area contributed by atoms with Crippen molar-refractivity contribution in [3.8, 4) is 0 Å². The molecule has 0 unspecified atom stereocenters. The Balaban J connectivity index is 1.45. The molecule has 1 fully saturated rings. The zero-order valence-corrected chi connectivity index (χ0v) is 16.0. The van der Waals surface area contributed by atoms with Crippen LogP contribution < -0.4 is 5.32 Å². The predicted octanol–water partition coefficient (Wildman–Crippen LogP) is 3.25. The van der Waals surface area contributed by atoms with E-state index in [-0.39, 0.29) is 11.8 Å². The van der Waals surface area contributed by atoms with E-state index in [1.165, 1.54) is 5.69 Å². The molecule has 27 heavy (non-hydrogen) atoms. The number of hydrogen-bond donors (Lipinski definition) is 1. The Morgan fingerprint density at radius 1 is 1.15 bits per heavy atom. The summed E-state index contributed by atoms with van der Waals surface area (Å²) in [5, 5.41) is 7.54. The second-order valence-electron chi connectivity index (χ2n) is 7.67. The molecule has 142 valence electrons. The number of aryl methyl sites for hydroxylation is 3. The van der Waals surface area contributed by atoms with Gasteiger partial charge in [-0.1, -0.05) is 6.07 Å². The summed E-state index contributed by atoms with van der Waals surface area (Å²) in [5.74, 6) is 0.0761. The fourth-order valence-electron chi connectivity index (χ4n) is 4.21. The number of aromatic nitrogens is 2. The van der Waals surface area contributed by atoms with Crippen molar-refractivity contribution in [3.05, 3.63) is 46.8 Å². The van der Waals surface area contributed by atoms with Crippen LogP contribution in [-0.4, -0.2) is 39.6 Å². The van der Waals surface area contributed by atoms with Crippen molar-refractivity contribution in [2.24, 2.45) is 0 Å². The molecule has 2 aromatic rings. The molecule has 0 spiro atoms. The monoisotopic (exact) mass is 366 g/mol. The predicted molar refractivity (Wildman–Crippen MR) is 104 cm³/mol. The SMILES string of the molecule is Cc1cc(C)n(C2CCN(C(=O)c3ccc4c(c3)NC(=O)CCC4)CC2)n1. The fraction of sp³-hybridized carbons (Fsp3) is 0.476. The first-order chi connectivity index (χ1) is 13.0. The number of fused-ring (bicyclic) bond motifs is 1. The first-order valence-electron chi connectivity index (χ1n) is 9.76. The van der Waals surface area contributed by atoms with Gasteiger partial charge in [-0.2, -0.15) is 5.10 Å². The van der Waals surface area contributed by atoms with Gasteiger partial charge in [0.1, 0.15) is 0 Å². The zero-order valence-electron chi connectivity index (χ0n) is 16.0. The quantitative estimate of drug-likeness (QED) is 0.887. The first-order valence-corrected chi connectivity index (χ1v) is 9.76. The molecule has 1 aromatic carbocycles. The minimum Gasteiger partial charge on any atom is -0.338 e. The van der Waals surface area contributed by atoms with Crippen LogP contribution in [0.3, 0.4) is 0 Å². The molecule has 0 saturated carbocycles. The van der Waals surface area contributed by atoms with Gasteiger partial charge in [-0.3, -0.25) is 14.3 Å². The Bertz CT molecular complexity index is 878. The van der Waals surface area contributed by atoms with Crippen molar-refractivity contribution >= 4 is 17.5 Å². The van der Waals surface area contributed by atoms with Gasteiger partial charge in [-0.25, -0.2) is 0 Å². The van der Waals surface area contributed by atoms with Gasteiger partial charge in [0.25, 0.3) is 5.91 Å². The Morgan fingerprint density at radius 3 is 2.63 bits per heavy atom. The molecular weight excluding hydrogens is 340 g/mol. The van der Waals surface area contributed by atoms with Crippen LogP contribution in [0.1, 0.15) is 59.0 Å². The van der Waals surface area contributed by atoms with E-state index in [2.05, 4.69) is 28.1 Å². The number of rotatable bonds is 2. The minimum absolute atomic E-state index is 0.0315. The molecular formula is C21H26N4O2. The number of hydrogen-bond acceptors (Lipinski definition) is 3. The number of anilines is 1. The van der Waals surface area contributed by atoms with Gasteiger partial charge in [0.2, 0.25) is 5.91 Å². The molecule has 0 bridgehead atoms. The van der Waals surface area contributed by atoms with Gasteiger partial charge < -0.3 is 10.2 Å². The third-order valence-electron chi connectivity index (χ3n) is 5.62. The van der Waals surface area contributed by atoms with Gasteiger partial charge in [0.05, 0.1) is 11.7 Å². The van der Waals surface area contributed by atoms with E-state index < -0.39 is 0 Å². The number of nitrogens with zero attached hydrogens (tertiary/aromatic N) is 3. The van der Waals surface area contributed by atoms with Crippen molar-refractivity contribution in [1.29, 1.82) is 0 Å². The highest BCUT2D eigenvalue weighted by Crippen LogP contribution is 2.27. The third-order valence-corrected chi connectivity index (χ3v) is 5.62. The van der Waals surface area contributed by atoms with Crippen molar-refractivity contribution < 1.29 is 9.59 Å². The van der Waals surface area contributed by atoms with Crippen LogP contribution in [0.4, 0.5) is 5.69 Å². The van der Waals surface area contributed by atoms with Gasteiger partial charge >= 0.3 is 0 Å². The van der Waals surface area contributed by atoms with Gasteiger partial charge in [-0.15, -0.1) is 0 Å². The molecule has 0 atom stereocenters. The molecule has 0 aliphatic carbocycles. The summed E-state index contributed by atoms with van der Waals surface area (Å²) in [6.07, 6.45) is 4.09. The van der Waals surface area contributed by atoms with E-state index in [1.54, 1.807) is 0 Å². The average molecular weight is 366 g/mol. The van der Waals surface area contributed by atoms with Crippen molar-refractivity contribution in [2.75, 3.05) is 18.4 Å². The average Bonchev–Trinajstić information content (AvgIpc) is 2.88. The first kappa shape index (κ1) is 17.8. The smallest absolute Gasteiger partial charge is 0.253 e. The van der Waals surface area contributed by atoms with E-state index in [9.17, 15) is 9.59 Å². The summed E-state index contributed by atoms with van der Waals surface area (Å²) in [6, 6.07) is 8.17. The molecule has 4 rings (SSSR count). The lowest BCUT2D eigenvalue weighted by atomic mass is 10.0. The molecule has 2 aliphatic rings. The second kappa shape index (κ2) is 7.18. The molecule has 0 radical (unpaired) electrons. The summed E-state index contributed by atoms with van der Waals surface area (Å²) >= 11 is 0. The number of carbonyl (C=O) groups excluding carboxylic acids is 2. The molecule has 2 aliphatic heterocycles. The highest BCUT2D eigenvalue weighted by Gasteiger charge is 2.26. The largest absolute Gasteiger partial charge is 0.338 e. The van der Waals surface area contributed by atoms with Crippen LogP contribution in [-0.2, 0) is 11.2 Å². The summed E-state index contributed by atoms with van der Waals surface area (Å²) in [5.41, 5.74) is 4.78. The molecule has 1 N–H and O–H groups in total. The van der Waals surface area contributed by atoms with Crippen LogP contribution in [0.5, 0.6) is 0 Å². The minimum atomic E-state index is 0.0315. The van der Waals surface area contributed by atoms with E-state index in [4.69, 9.17) is 0 Å². The van der Waals surface area contributed by atoms with Crippen molar-refractivity contribution in [1.82, 2.24) is 14.7 Å². The summed E-state index contributed by atoms with van der Waals surface area (Å²) < 4.78 is 2.11. The Hall–Kier alpha value is -2.63. The van der Waals surface area contributed by atoms with Gasteiger partial charge in [0.15, 0.2) is 0 Å². The highest BCUT2D eigenvalue weighted by molar-refractivity contribution is 5.98. The lowest BCUT2D eigenvalue weighted by Crippen LogP contribution is -2.39. The topological polar surface area (TPSA) is 67.2 Å². The van der Waals surface area contributed by atoms with E-state index in [0.717, 1.165) is 55.7 Å². The third kappa shape index (κ3) is 3.61. The molecule has 2 amide bonds. The van der Waals surface area contributed by atoms with Crippen LogP contribution in [0, 0.1) is 13.8 Å². The highest BCUT2D eigenvalue weighted by atomic mass is 16.2. The number of nitrogens with one attached hydrogen (secondary N) is 1. The zero-order chi connectivity index (χ0) is 19.0. The van der Waals surface area contributed by atoms with Crippen LogP contribution in [0.2, 0.25) is 0 Å². The summed E-state index contributed by atoms with van der Waals surface area (Å²) in [4.78, 5) is 26.7. The number of carbonyl (C=O) groups is 2. The lowest BCUT2D eigenvalue weighted by Gasteiger charge is -2.32. The van der Waals surface area contributed by atoms with Gasteiger partial charge in [0, 0.05) is 36.5 Å². The molecule has 6 nitrogen and oxygen atoms in total. The molecule has 1 aromatic heterocycles. The van der Waals surface area contributed by atoms with Crippen LogP contribution >= 0.6 is 0 Å². The van der Waals surface area contributed by atoms with E-state index in [0.29, 0.717) is 18.0 Å². The number of likely N-dealkylation sites (tertiary alicyclic amines) is 1. The Labute approximate surface area is 159 Å². The van der Waals surface area contributed by atoms with Crippen molar-refractivity contribution in [2.45, 2.75) is 52.0 Å². The lowest BCUT2D eigenvalue weighted by molar-refractivity contribution is -0.116. The van der Waals surface area contributed by atoms with E-state index >= 15 is 0 Å². The number of amides is 2. The molecule has 6 heteroatoms. The Morgan fingerprint density at radius 2 is 1.93 bits per heavy atom. The Kier molecular flexibility index (Phi) is 4.72. The van der Waals surface area contributed by atoms with E-state index in [1.807, 2.05) is 30.0 Å².